The Kier molecular flexibility index (Phi) is 4.20. The monoisotopic (exact) mass is 248 g/mol. The molecule has 0 spiro atoms. The van der Waals surface area contributed by atoms with Crippen LogP contribution in [0.25, 0.3) is 0 Å². The number of amides is 1. The normalized spacial score (nSPS) is 14.3. The molecule has 1 aromatic carbocycles. The molecule has 0 bridgehead atoms. The molecule has 0 aromatic heterocycles. The molecule has 0 saturated heterocycles. The number of nitrogens with zero attached hydrogens (tertiary/aromatic N) is 1. The van der Waals surface area contributed by atoms with Gasteiger partial charge in [0.15, 0.2) is 6.61 Å². The third-order valence-corrected chi connectivity index (χ3v) is 3.18. The van der Waals surface area contributed by atoms with Crippen molar-refractivity contribution in [2.45, 2.75) is 19.4 Å². The third-order valence-electron chi connectivity index (χ3n) is 3.18. The highest BCUT2D eigenvalue weighted by molar-refractivity contribution is 5.77. The number of likely N-dealkylation sites (N-methyl/N-ethyl adjacent to an activating group) is 1. The maximum absolute atomic E-state index is 11.8. The first-order valence-corrected chi connectivity index (χ1v) is 6.35. The molecular formula is C14H20N2O2. The zero-order chi connectivity index (χ0) is 13.0. The average molecular weight is 248 g/mol. The molecule has 98 valence electrons. The molecule has 0 heterocycles. The number of nitrogens with two attached hydrogens (primary N) is 1. The number of carbonyl (C=O) groups is 1. The SMILES string of the molecule is CN(CC1CC1)C(=O)COc1ccc(CN)cc1. The van der Waals surface area contributed by atoms with E-state index in [2.05, 4.69) is 0 Å². The van der Waals surface area contributed by atoms with Crippen molar-refractivity contribution in [2.24, 2.45) is 11.7 Å². The second-order valence-corrected chi connectivity index (χ2v) is 4.85. The summed E-state index contributed by atoms with van der Waals surface area (Å²) in [5, 5.41) is 0. The molecule has 4 heteroatoms. The molecular weight excluding hydrogens is 228 g/mol. The lowest BCUT2D eigenvalue weighted by Crippen LogP contribution is -2.32. The van der Waals surface area contributed by atoms with Crippen LogP contribution in [0.1, 0.15) is 18.4 Å². The Balaban J connectivity index is 1.76. The highest BCUT2D eigenvalue weighted by atomic mass is 16.5. The molecule has 1 saturated carbocycles. The molecule has 0 radical (unpaired) electrons. The zero-order valence-corrected chi connectivity index (χ0v) is 10.8. The maximum Gasteiger partial charge on any atom is 0.260 e. The van der Waals surface area contributed by atoms with Gasteiger partial charge in [0, 0.05) is 20.1 Å². The van der Waals surface area contributed by atoms with Crippen LogP contribution in [0.5, 0.6) is 5.75 Å². The van der Waals surface area contributed by atoms with Crippen LogP contribution < -0.4 is 10.5 Å². The standard InChI is InChI=1S/C14H20N2O2/c1-16(9-12-2-3-12)14(17)10-18-13-6-4-11(8-15)5-7-13/h4-7,12H,2-3,8-10,15H2,1H3. The fourth-order valence-electron chi connectivity index (χ4n) is 1.77. The van der Waals surface area contributed by atoms with Crippen LogP contribution in [0.2, 0.25) is 0 Å². The van der Waals surface area contributed by atoms with Crippen molar-refractivity contribution >= 4 is 5.91 Å². The van der Waals surface area contributed by atoms with Crippen LogP contribution in [0.3, 0.4) is 0 Å². The average Bonchev–Trinajstić information content (AvgIpc) is 3.20. The number of carbonyl (C=O) groups excluding carboxylic acids is 1. The van der Waals surface area contributed by atoms with E-state index >= 15 is 0 Å². The predicted octanol–water partition coefficient (Wildman–Crippen LogP) is 1.39. The Labute approximate surface area is 108 Å². The van der Waals surface area contributed by atoms with Crippen molar-refractivity contribution in [1.82, 2.24) is 4.90 Å². The molecule has 2 N–H and O–H groups in total. The van der Waals surface area contributed by atoms with E-state index < -0.39 is 0 Å². The number of ether oxygens (including phenoxy) is 1. The smallest absolute Gasteiger partial charge is 0.260 e. The molecule has 1 aliphatic carbocycles. The van der Waals surface area contributed by atoms with E-state index in [-0.39, 0.29) is 12.5 Å². The molecule has 1 aliphatic rings. The number of hydrogen-bond donors (Lipinski definition) is 1. The van der Waals surface area contributed by atoms with Crippen LogP contribution in [0.15, 0.2) is 24.3 Å². The van der Waals surface area contributed by atoms with Crippen molar-refractivity contribution in [3.05, 3.63) is 29.8 Å². The summed E-state index contributed by atoms with van der Waals surface area (Å²) in [7, 11) is 1.83. The molecule has 1 amide bonds. The Morgan fingerprint density at radius 2 is 2.06 bits per heavy atom. The summed E-state index contributed by atoms with van der Waals surface area (Å²) in [6.07, 6.45) is 2.50. The van der Waals surface area contributed by atoms with Gasteiger partial charge in [0.25, 0.3) is 5.91 Å². The third kappa shape index (κ3) is 3.74. The Bertz CT molecular complexity index is 399. The fourth-order valence-corrected chi connectivity index (χ4v) is 1.77. The van der Waals surface area contributed by atoms with Gasteiger partial charge in [-0.05, 0) is 36.5 Å². The maximum atomic E-state index is 11.8. The molecule has 2 rings (SSSR count). The van der Waals surface area contributed by atoms with Crippen molar-refractivity contribution < 1.29 is 9.53 Å². The van der Waals surface area contributed by atoms with Crippen LogP contribution in [0.4, 0.5) is 0 Å². The molecule has 1 aromatic rings. The Morgan fingerprint density at radius 1 is 1.39 bits per heavy atom. The minimum Gasteiger partial charge on any atom is -0.484 e. The Morgan fingerprint density at radius 3 is 2.61 bits per heavy atom. The van der Waals surface area contributed by atoms with Gasteiger partial charge in [0.05, 0.1) is 0 Å². The van der Waals surface area contributed by atoms with E-state index in [4.69, 9.17) is 10.5 Å². The quantitative estimate of drug-likeness (QED) is 0.827. The first-order chi connectivity index (χ1) is 8.69. The van der Waals surface area contributed by atoms with Crippen molar-refractivity contribution in [3.63, 3.8) is 0 Å². The molecule has 0 unspecified atom stereocenters. The van der Waals surface area contributed by atoms with Crippen LogP contribution in [-0.4, -0.2) is 31.0 Å². The van der Waals surface area contributed by atoms with Gasteiger partial charge in [-0.1, -0.05) is 12.1 Å². The van der Waals surface area contributed by atoms with Gasteiger partial charge in [-0.3, -0.25) is 4.79 Å². The van der Waals surface area contributed by atoms with E-state index in [1.807, 2.05) is 31.3 Å². The molecule has 0 atom stereocenters. The lowest BCUT2D eigenvalue weighted by Gasteiger charge is -2.17. The Hall–Kier alpha value is -1.55. The summed E-state index contributed by atoms with van der Waals surface area (Å²) in [4.78, 5) is 13.5. The summed E-state index contributed by atoms with van der Waals surface area (Å²) in [6, 6.07) is 7.51. The summed E-state index contributed by atoms with van der Waals surface area (Å²) in [6.45, 7) is 1.48. The van der Waals surface area contributed by atoms with E-state index in [1.165, 1.54) is 12.8 Å². The minimum atomic E-state index is 0.0322. The lowest BCUT2D eigenvalue weighted by molar-refractivity contribution is -0.132. The number of hydrogen-bond acceptors (Lipinski definition) is 3. The van der Waals surface area contributed by atoms with Gasteiger partial charge in [-0.25, -0.2) is 0 Å². The van der Waals surface area contributed by atoms with E-state index in [0.29, 0.717) is 18.2 Å². The van der Waals surface area contributed by atoms with Crippen LogP contribution in [0, 0.1) is 5.92 Å². The first kappa shape index (κ1) is 12.9. The minimum absolute atomic E-state index is 0.0322. The topological polar surface area (TPSA) is 55.6 Å². The van der Waals surface area contributed by atoms with E-state index in [9.17, 15) is 4.79 Å². The van der Waals surface area contributed by atoms with Gasteiger partial charge in [0.1, 0.15) is 5.75 Å². The molecule has 1 fully saturated rings. The second kappa shape index (κ2) is 5.87. The van der Waals surface area contributed by atoms with Crippen molar-refractivity contribution in [3.8, 4) is 5.75 Å². The predicted molar refractivity (Wildman–Crippen MR) is 70.2 cm³/mol. The first-order valence-electron chi connectivity index (χ1n) is 6.35. The second-order valence-electron chi connectivity index (χ2n) is 4.85. The van der Waals surface area contributed by atoms with Crippen LogP contribution >= 0.6 is 0 Å². The van der Waals surface area contributed by atoms with Gasteiger partial charge < -0.3 is 15.4 Å². The fraction of sp³-hybridized carbons (Fsp3) is 0.500. The van der Waals surface area contributed by atoms with Gasteiger partial charge in [0.2, 0.25) is 0 Å². The highest BCUT2D eigenvalue weighted by Gasteiger charge is 2.24. The highest BCUT2D eigenvalue weighted by Crippen LogP contribution is 2.29. The largest absolute Gasteiger partial charge is 0.484 e. The summed E-state index contributed by atoms with van der Waals surface area (Å²) in [5.41, 5.74) is 6.57. The zero-order valence-electron chi connectivity index (χ0n) is 10.8. The molecule has 18 heavy (non-hydrogen) atoms. The number of rotatable bonds is 6. The van der Waals surface area contributed by atoms with Crippen molar-refractivity contribution in [2.75, 3.05) is 20.2 Å². The van der Waals surface area contributed by atoms with Crippen molar-refractivity contribution in [1.29, 1.82) is 0 Å². The van der Waals surface area contributed by atoms with Crippen LogP contribution in [-0.2, 0) is 11.3 Å². The number of benzene rings is 1. The van der Waals surface area contributed by atoms with Gasteiger partial charge in [-0.15, -0.1) is 0 Å². The summed E-state index contributed by atoms with van der Waals surface area (Å²) in [5.74, 6) is 1.45. The van der Waals surface area contributed by atoms with Gasteiger partial charge in [-0.2, -0.15) is 0 Å². The summed E-state index contributed by atoms with van der Waals surface area (Å²) >= 11 is 0. The lowest BCUT2D eigenvalue weighted by atomic mass is 10.2. The van der Waals surface area contributed by atoms with E-state index in [0.717, 1.165) is 12.1 Å². The molecule has 0 aliphatic heterocycles. The van der Waals surface area contributed by atoms with E-state index in [1.54, 1.807) is 4.90 Å². The van der Waals surface area contributed by atoms with Gasteiger partial charge >= 0.3 is 0 Å². The summed E-state index contributed by atoms with van der Waals surface area (Å²) < 4.78 is 5.46. The molecule has 4 nitrogen and oxygen atoms in total.